The summed E-state index contributed by atoms with van der Waals surface area (Å²) in [6.07, 6.45) is -4.05. The van der Waals surface area contributed by atoms with Crippen LogP contribution in [-0.4, -0.2) is 16.5 Å². The number of pyridine rings is 1. The molecule has 4 nitrogen and oxygen atoms in total. The molecule has 0 saturated heterocycles. The minimum atomic E-state index is -4.64. The summed E-state index contributed by atoms with van der Waals surface area (Å²) < 4.78 is 38.6. The first-order valence-electron chi connectivity index (χ1n) is 6.29. The van der Waals surface area contributed by atoms with Gasteiger partial charge in [0, 0.05) is 12.2 Å². The van der Waals surface area contributed by atoms with Gasteiger partial charge in [0.25, 0.3) is 5.56 Å². The molecule has 0 saturated carbocycles. The molecule has 8 heteroatoms. The van der Waals surface area contributed by atoms with Gasteiger partial charge >= 0.3 is 6.18 Å². The standard InChI is InChI=1S/C13H16ClF3N2O2/c1-7(2)8(3)18-11(20)6-19-5-9(13(15,16)17)4-10(14)12(19)21/h4-5,7-8H,6H2,1-3H3,(H,18,20). The van der Waals surface area contributed by atoms with Crippen molar-refractivity contribution in [2.75, 3.05) is 0 Å². The molecular formula is C13H16ClF3N2O2. The lowest BCUT2D eigenvalue weighted by Gasteiger charge is -2.18. The Bertz CT molecular complexity index is 582. The highest BCUT2D eigenvalue weighted by atomic mass is 35.5. The first-order valence-corrected chi connectivity index (χ1v) is 6.66. The molecule has 1 aromatic heterocycles. The van der Waals surface area contributed by atoms with E-state index >= 15 is 0 Å². The van der Waals surface area contributed by atoms with Gasteiger partial charge in [-0.05, 0) is 18.9 Å². The number of carbonyl (C=O) groups is 1. The number of alkyl halides is 3. The molecule has 1 aromatic rings. The number of rotatable bonds is 4. The summed E-state index contributed by atoms with van der Waals surface area (Å²) >= 11 is 5.50. The molecule has 1 rings (SSSR count). The average molecular weight is 325 g/mol. The molecule has 0 aliphatic rings. The van der Waals surface area contributed by atoms with Gasteiger partial charge in [0.15, 0.2) is 0 Å². The van der Waals surface area contributed by atoms with Gasteiger partial charge in [-0.2, -0.15) is 13.2 Å². The molecule has 21 heavy (non-hydrogen) atoms. The van der Waals surface area contributed by atoms with Crippen LogP contribution in [0.3, 0.4) is 0 Å². The Hall–Kier alpha value is -1.50. The van der Waals surface area contributed by atoms with Crippen LogP contribution in [0, 0.1) is 5.92 Å². The van der Waals surface area contributed by atoms with E-state index in [9.17, 15) is 22.8 Å². The maximum absolute atomic E-state index is 12.7. The molecule has 0 spiro atoms. The van der Waals surface area contributed by atoms with Crippen LogP contribution in [0.2, 0.25) is 5.02 Å². The molecule has 1 N–H and O–H groups in total. The Labute approximate surface area is 124 Å². The van der Waals surface area contributed by atoms with E-state index in [4.69, 9.17) is 11.6 Å². The summed E-state index contributed by atoms with van der Waals surface area (Å²) in [5.74, 6) is -0.385. The fourth-order valence-electron chi connectivity index (χ4n) is 1.49. The van der Waals surface area contributed by atoms with Crippen LogP contribution in [-0.2, 0) is 17.5 Å². The minimum absolute atomic E-state index is 0.158. The summed E-state index contributed by atoms with van der Waals surface area (Å²) in [5, 5.41) is 2.04. The average Bonchev–Trinajstić information content (AvgIpc) is 2.33. The largest absolute Gasteiger partial charge is 0.417 e. The van der Waals surface area contributed by atoms with Crippen LogP contribution >= 0.6 is 11.6 Å². The Morgan fingerprint density at radius 3 is 2.43 bits per heavy atom. The molecule has 1 unspecified atom stereocenters. The van der Waals surface area contributed by atoms with Crippen LogP contribution < -0.4 is 10.9 Å². The summed E-state index contributed by atoms with van der Waals surface area (Å²) in [4.78, 5) is 23.4. The minimum Gasteiger partial charge on any atom is -0.352 e. The molecular weight excluding hydrogens is 309 g/mol. The van der Waals surface area contributed by atoms with Crippen LogP contribution in [0.4, 0.5) is 13.2 Å². The Morgan fingerprint density at radius 1 is 1.38 bits per heavy atom. The van der Waals surface area contributed by atoms with Crippen LogP contribution in [0.5, 0.6) is 0 Å². The zero-order chi connectivity index (χ0) is 16.4. The molecule has 0 aliphatic heterocycles. The monoisotopic (exact) mass is 324 g/mol. The van der Waals surface area contributed by atoms with Crippen molar-refractivity contribution in [2.45, 2.75) is 39.5 Å². The van der Waals surface area contributed by atoms with E-state index in [1.165, 1.54) is 0 Å². The first-order chi connectivity index (χ1) is 9.52. The van der Waals surface area contributed by atoms with Gasteiger partial charge in [0.2, 0.25) is 5.91 Å². The third kappa shape index (κ3) is 4.77. The Balaban J connectivity index is 3.01. The van der Waals surface area contributed by atoms with E-state index in [1.54, 1.807) is 6.92 Å². The first kappa shape index (κ1) is 17.6. The van der Waals surface area contributed by atoms with Crippen molar-refractivity contribution in [2.24, 2.45) is 5.92 Å². The van der Waals surface area contributed by atoms with Crippen LogP contribution in [0.25, 0.3) is 0 Å². The third-order valence-electron chi connectivity index (χ3n) is 3.07. The molecule has 1 amide bonds. The van der Waals surface area contributed by atoms with E-state index in [0.717, 1.165) is 0 Å². The molecule has 1 atom stereocenters. The molecule has 118 valence electrons. The van der Waals surface area contributed by atoms with Crippen molar-refractivity contribution < 1.29 is 18.0 Å². The fourth-order valence-corrected chi connectivity index (χ4v) is 1.72. The second-order valence-electron chi connectivity index (χ2n) is 5.11. The molecule has 0 aliphatic carbocycles. The summed E-state index contributed by atoms with van der Waals surface area (Å²) in [7, 11) is 0. The highest BCUT2D eigenvalue weighted by Crippen LogP contribution is 2.29. The second-order valence-corrected chi connectivity index (χ2v) is 5.51. The highest BCUT2D eigenvalue weighted by Gasteiger charge is 2.32. The predicted molar refractivity (Wildman–Crippen MR) is 73.2 cm³/mol. The van der Waals surface area contributed by atoms with Gasteiger partial charge in [0.1, 0.15) is 11.6 Å². The molecule has 0 bridgehead atoms. The van der Waals surface area contributed by atoms with Gasteiger partial charge in [-0.1, -0.05) is 25.4 Å². The molecule has 0 radical (unpaired) electrons. The summed E-state index contributed by atoms with van der Waals surface area (Å²) in [6.45, 7) is 5.03. The Morgan fingerprint density at radius 2 is 1.95 bits per heavy atom. The zero-order valence-corrected chi connectivity index (χ0v) is 12.5. The quantitative estimate of drug-likeness (QED) is 0.925. The smallest absolute Gasteiger partial charge is 0.352 e. The third-order valence-corrected chi connectivity index (χ3v) is 3.34. The van der Waals surface area contributed by atoms with Crippen LogP contribution in [0.1, 0.15) is 26.3 Å². The number of hydrogen-bond donors (Lipinski definition) is 1. The number of nitrogens with one attached hydrogen (secondary N) is 1. The van der Waals surface area contributed by atoms with E-state index in [2.05, 4.69) is 5.32 Å². The maximum atomic E-state index is 12.7. The zero-order valence-electron chi connectivity index (χ0n) is 11.8. The van der Waals surface area contributed by atoms with Gasteiger partial charge in [0.05, 0.1) is 5.56 Å². The van der Waals surface area contributed by atoms with E-state index < -0.39 is 34.8 Å². The van der Waals surface area contributed by atoms with E-state index in [1.807, 2.05) is 13.8 Å². The SMILES string of the molecule is CC(C)C(C)NC(=O)Cn1cc(C(F)(F)F)cc(Cl)c1=O. The maximum Gasteiger partial charge on any atom is 0.417 e. The summed E-state index contributed by atoms with van der Waals surface area (Å²) in [6, 6.07) is 0.393. The highest BCUT2D eigenvalue weighted by molar-refractivity contribution is 6.30. The lowest BCUT2D eigenvalue weighted by Crippen LogP contribution is -2.40. The summed E-state index contributed by atoms with van der Waals surface area (Å²) in [5.41, 5.74) is -1.91. The van der Waals surface area contributed by atoms with Gasteiger partial charge in [-0.15, -0.1) is 0 Å². The van der Waals surface area contributed by atoms with E-state index in [0.29, 0.717) is 16.8 Å². The van der Waals surface area contributed by atoms with Gasteiger partial charge < -0.3 is 9.88 Å². The number of nitrogens with zero attached hydrogens (tertiary/aromatic N) is 1. The van der Waals surface area contributed by atoms with Crippen molar-refractivity contribution in [1.29, 1.82) is 0 Å². The van der Waals surface area contributed by atoms with Crippen molar-refractivity contribution in [3.63, 3.8) is 0 Å². The van der Waals surface area contributed by atoms with Crippen molar-refractivity contribution in [3.05, 3.63) is 33.2 Å². The van der Waals surface area contributed by atoms with Gasteiger partial charge in [-0.25, -0.2) is 0 Å². The topological polar surface area (TPSA) is 51.1 Å². The molecule has 0 fully saturated rings. The molecule has 0 aromatic carbocycles. The molecule has 1 heterocycles. The van der Waals surface area contributed by atoms with Crippen molar-refractivity contribution in [3.8, 4) is 0 Å². The van der Waals surface area contributed by atoms with Gasteiger partial charge in [-0.3, -0.25) is 9.59 Å². The normalized spacial score (nSPS) is 13.3. The second kappa shape index (κ2) is 6.51. The lowest BCUT2D eigenvalue weighted by atomic mass is 10.1. The van der Waals surface area contributed by atoms with Crippen molar-refractivity contribution >= 4 is 17.5 Å². The van der Waals surface area contributed by atoms with E-state index in [-0.39, 0.29) is 12.0 Å². The van der Waals surface area contributed by atoms with Crippen LogP contribution in [0.15, 0.2) is 17.1 Å². The number of halogens is 4. The number of hydrogen-bond acceptors (Lipinski definition) is 2. The number of amides is 1. The lowest BCUT2D eigenvalue weighted by molar-refractivity contribution is -0.138. The van der Waals surface area contributed by atoms with Crippen molar-refractivity contribution in [1.82, 2.24) is 9.88 Å². The Kier molecular flexibility index (Phi) is 5.44. The fraction of sp³-hybridized carbons (Fsp3) is 0.538. The predicted octanol–water partition coefficient (Wildman–Crippen LogP) is 2.68. The number of carbonyl (C=O) groups excluding carboxylic acids is 1. The number of aromatic nitrogens is 1.